The molecule has 0 radical (unpaired) electrons. The Kier molecular flexibility index (Phi) is 6.81. The molecule has 0 aliphatic carbocycles. The zero-order valence-electron chi connectivity index (χ0n) is 15.7. The van der Waals surface area contributed by atoms with E-state index in [9.17, 15) is 9.59 Å². The van der Waals surface area contributed by atoms with E-state index in [0.717, 1.165) is 22.3 Å². The van der Waals surface area contributed by atoms with Gasteiger partial charge in [-0.3, -0.25) is 9.59 Å². The molecule has 0 unspecified atom stereocenters. The minimum atomic E-state index is -0.561. The molecule has 0 heterocycles. The number of rotatable bonds is 6. The summed E-state index contributed by atoms with van der Waals surface area (Å²) >= 11 is 5.94. The lowest BCUT2D eigenvalue weighted by atomic mass is 10.0. The largest absolute Gasteiger partial charge is 0.357 e. The normalized spacial score (nSPS) is 11.7. The van der Waals surface area contributed by atoms with Crippen molar-refractivity contribution in [2.75, 3.05) is 7.05 Å². The quantitative estimate of drug-likeness (QED) is 0.841. The van der Waals surface area contributed by atoms with Gasteiger partial charge >= 0.3 is 0 Å². The topological polar surface area (TPSA) is 49.4 Å². The third-order valence-corrected chi connectivity index (χ3v) is 4.57. The van der Waals surface area contributed by atoms with E-state index in [0.29, 0.717) is 11.6 Å². The number of aryl methyl sites for hydroxylation is 2. The molecule has 2 rings (SSSR count). The van der Waals surface area contributed by atoms with Crippen molar-refractivity contribution in [3.63, 3.8) is 0 Å². The van der Waals surface area contributed by atoms with E-state index in [-0.39, 0.29) is 18.2 Å². The van der Waals surface area contributed by atoms with Gasteiger partial charge in [0.15, 0.2) is 0 Å². The Morgan fingerprint density at radius 2 is 1.62 bits per heavy atom. The van der Waals surface area contributed by atoms with Crippen LogP contribution in [0.25, 0.3) is 0 Å². The average Bonchev–Trinajstić information content (AvgIpc) is 2.58. The Morgan fingerprint density at radius 1 is 1.04 bits per heavy atom. The van der Waals surface area contributed by atoms with E-state index >= 15 is 0 Å². The lowest BCUT2D eigenvalue weighted by Crippen LogP contribution is -2.47. The van der Waals surface area contributed by atoms with Crippen molar-refractivity contribution in [3.8, 4) is 0 Å². The fourth-order valence-corrected chi connectivity index (χ4v) is 3.15. The van der Waals surface area contributed by atoms with E-state index < -0.39 is 6.04 Å². The summed E-state index contributed by atoms with van der Waals surface area (Å²) in [6, 6.07) is 12.8. The van der Waals surface area contributed by atoms with Gasteiger partial charge < -0.3 is 10.2 Å². The van der Waals surface area contributed by atoms with Gasteiger partial charge in [0.1, 0.15) is 6.04 Å². The van der Waals surface area contributed by atoms with Crippen LogP contribution in [0.5, 0.6) is 0 Å². The molecule has 0 fully saturated rings. The lowest BCUT2D eigenvalue weighted by molar-refractivity contribution is -0.139. The zero-order valence-corrected chi connectivity index (χ0v) is 16.4. The molecule has 4 nitrogen and oxygen atoms in total. The predicted molar refractivity (Wildman–Crippen MR) is 105 cm³/mol. The number of benzene rings is 2. The van der Waals surface area contributed by atoms with Crippen LogP contribution >= 0.6 is 11.6 Å². The van der Waals surface area contributed by atoms with Crippen LogP contribution in [0.2, 0.25) is 5.02 Å². The third kappa shape index (κ3) is 5.33. The van der Waals surface area contributed by atoms with Crippen molar-refractivity contribution < 1.29 is 9.59 Å². The molecule has 0 bridgehead atoms. The summed E-state index contributed by atoms with van der Waals surface area (Å²) in [6.45, 7) is 6.13. The van der Waals surface area contributed by atoms with Crippen LogP contribution in [0.1, 0.15) is 29.2 Å². The summed E-state index contributed by atoms with van der Waals surface area (Å²) in [7, 11) is 1.58. The van der Waals surface area contributed by atoms with Crippen molar-refractivity contribution >= 4 is 23.4 Å². The summed E-state index contributed by atoms with van der Waals surface area (Å²) in [5, 5.41) is 3.26. The molecular weight excluding hydrogens is 348 g/mol. The fraction of sp³-hybridized carbons (Fsp3) is 0.333. The van der Waals surface area contributed by atoms with Gasteiger partial charge in [-0.05, 0) is 44.0 Å². The zero-order chi connectivity index (χ0) is 19.3. The molecule has 2 aromatic carbocycles. The van der Waals surface area contributed by atoms with Gasteiger partial charge in [-0.15, -0.1) is 0 Å². The molecule has 1 atom stereocenters. The summed E-state index contributed by atoms with van der Waals surface area (Å²) < 4.78 is 0. The second-order valence-corrected chi connectivity index (χ2v) is 7.05. The van der Waals surface area contributed by atoms with Gasteiger partial charge in [0.05, 0.1) is 6.42 Å². The lowest BCUT2D eigenvalue weighted by Gasteiger charge is -2.28. The molecular formula is C21H25ClN2O2. The van der Waals surface area contributed by atoms with Gasteiger partial charge in [0.25, 0.3) is 0 Å². The van der Waals surface area contributed by atoms with Gasteiger partial charge in [-0.2, -0.15) is 0 Å². The molecule has 0 spiro atoms. The average molecular weight is 373 g/mol. The highest BCUT2D eigenvalue weighted by atomic mass is 35.5. The predicted octanol–water partition coefficient (Wildman–Crippen LogP) is 3.66. The van der Waals surface area contributed by atoms with Gasteiger partial charge in [-0.1, -0.05) is 53.1 Å². The first-order valence-electron chi connectivity index (χ1n) is 8.63. The van der Waals surface area contributed by atoms with Crippen LogP contribution in [-0.4, -0.2) is 29.8 Å². The van der Waals surface area contributed by atoms with E-state index in [1.807, 2.05) is 38.1 Å². The fourth-order valence-electron chi connectivity index (χ4n) is 3.03. The second-order valence-electron chi connectivity index (χ2n) is 6.61. The van der Waals surface area contributed by atoms with Crippen LogP contribution in [0.3, 0.4) is 0 Å². The van der Waals surface area contributed by atoms with Gasteiger partial charge in [0.2, 0.25) is 11.8 Å². The van der Waals surface area contributed by atoms with Crippen LogP contribution in [0.15, 0.2) is 42.5 Å². The Morgan fingerprint density at radius 3 is 2.15 bits per heavy atom. The number of carbonyl (C=O) groups is 2. The number of nitrogens with zero attached hydrogens (tertiary/aromatic N) is 1. The minimum Gasteiger partial charge on any atom is -0.357 e. The Labute approximate surface area is 160 Å². The summed E-state index contributed by atoms with van der Waals surface area (Å²) in [5.74, 6) is -0.270. The molecule has 0 aliphatic heterocycles. The molecule has 0 saturated heterocycles. The number of hydrogen-bond donors (Lipinski definition) is 1. The molecule has 138 valence electrons. The highest BCUT2D eigenvalue weighted by molar-refractivity contribution is 6.30. The van der Waals surface area contributed by atoms with Crippen molar-refractivity contribution in [3.05, 3.63) is 69.7 Å². The van der Waals surface area contributed by atoms with Gasteiger partial charge in [0, 0.05) is 18.6 Å². The maximum absolute atomic E-state index is 13.0. The summed E-state index contributed by atoms with van der Waals surface area (Å²) in [6.07, 6.45) is 0.261. The first-order chi connectivity index (χ1) is 12.3. The van der Waals surface area contributed by atoms with Gasteiger partial charge in [-0.25, -0.2) is 0 Å². The van der Waals surface area contributed by atoms with Crippen LogP contribution in [-0.2, 0) is 22.6 Å². The monoisotopic (exact) mass is 372 g/mol. The number of hydrogen-bond acceptors (Lipinski definition) is 2. The maximum atomic E-state index is 13.0. The van der Waals surface area contributed by atoms with Crippen molar-refractivity contribution in [2.45, 2.75) is 39.8 Å². The second kappa shape index (κ2) is 8.86. The first-order valence-corrected chi connectivity index (χ1v) is 9.00. The molecule has 2 amide bonds. The van der Waals surface area contributed by atoms with Crippen molar-refractivity contribution in [2.24, 2.45) is 0 Å². The SMILES string of the molecule is CNC(=O)[C@H](C)N(Cc1ccc(Cl)cc1)C(=O)Cc1cc(C)cc(C)c1. The third-order valence-electron chi connectivity index (χ3n) is 4.32. The van der Waals surface area contributed by atoms with E-state index in [1.54, 1.807) is 31.0 Å². The van der Waals surface area contributed by atoms with E-state index in [1.165, 1.54) is 0 Å². The highest BCUT2D eigenvalue weighted by Crippen LogP contribution is 2.16. The highest BCUT2D eigenvalue weighted by Gasteiger charge is 2.25. The van der Waals surface area contributed by atoms with E-state index in [2.05, 4.69) is 11.4 Å². The minimum absolute atomic E-state index is 0.0824. The molecule has 0 aliphatic rings. The summed E-state index contributed by atoms with van der Waals surface area (Å²) in [5.41, 5.74) is 4.13. The molecule has 2 aromatic rings. The van der Waals surface area contributed by atoms with Crippen molar-refractivity contribution in [1.29, 1.82) is 0 Å². The molecule has 1 N–H and O–H groups in total. The summed E-state index contributed by atoms with van der Waals surface area (Å²) in [4.78, 5) is 26.7. The molecule has 0 saturated carbocycles. The number of amides is 2. The van der Waals surface area contributed by atoms with Crippen LogP contribution in [0, 0.1) is 13.8 Å². The molecule has 26 heavy (non-hydrogen) atoms. The standard InChI is InChI=1S/C21H25ClN2O2/c1-14-9-15(2)11-18(10-14)12-20(25)24(16(3)21(26)23-4)13-17-5-7-19(22)8-6-17/h5-11,16H,12-13H2,1-4H3,(H,23,26)/t16-/m0/s1. The Hall–Kier alpha value is -2.33. The Bertz CT molecular complexity index is 767. The van der Waals surface area contributed by atoms with Crippen LogP contribution < -0.4 is 5.32 Å². The number of nitrogens with one attached hydrogen (secondary N) is 1. The maximum Gasteiger partial charge on any atom is 0.242 e. The molecule has 0 aromatic heterocycles. The number of carbonyl (C=O) groups excluding carboxylic acids is 2. The smallest absolute Gasteiger partial charge is 0.242 e. The van der Waals surface area contributed by atoms with Crippen molar-refractivity contribution in [1.82, 2.24) is 10.2 Å². The first kappa shape index (κ1) is 20.0. The number of halogens is 1. The number of likely N-dealkylation sites (N-methyl/N-ethyl adjacent to an activating group) is 1. The van der Waals surface area contributed by atoms with Crippen LogP contribution in [0.4, 0.5) is 0 Å². The molecule has 5 heteroatoms. The van der Waals surface area contributed by atoms with E-state index in [4.69, 9.17) is 11.6 Å². The Balaban J connectivity index is 2.24.